The average molecular weight is 382 g/mol. The normalized spacial score (nSPS) is 12.6. The second-order valence-corrected chi connectivity index (χ2v) is 6.21. The number of alkyl halides is 3. The zero-order valence-electron chi connectivity index (χ0n) is 15.7. The molecule has 146 valence electrons. The van der Waals surface area contributed by atoms with Crippen molar-refractivity contribution >= 4 is 5.97 Å². The fraction of sp³-hybridized carbons (Fsp3) is 0.368. The molecule has 0 fully saturated rings. The van der Waals surface area contributed by atoms with Gasteiger partial charge in [-0.2, -0.15) is 13.2 Å². The van der Waals surface area contributed by atoms with Crippen molar-refractivity contribution in [1.29, 1.82) is 0 Å². The molecular formula is C19H21F3N2O3. The van der Waals surface area contributed by atoms with E-state index in [0.717, 1.165) is 23.4 Å². The zero-order chi connectivity index (χ0) is 20.4. The molecule has 0 bridgehead atoms. The van der Waals surface area contributed by atoms with E-state index in [1.54, 1.807) is 20.8 Å². The summed E-state index contributed by atoms with van der Waals surface area (Å²) < 4.78 is 43.2. The lowest BCUT2D eigenvalue weighted by atomic mass is 10.0. The summed E-state index contributed by atoms with van der Waals surface area (Å²) in [6, 6.07) is 3.89. The van der Waals surface area contributed by atoms with E-state index in [1.807, 2.05) is 6.92 Å². The smallest absolute Gasteiger partial charge is 0.416 e. The van der Waals surface area contributed by atoms with Crippen LogP contribution in [0.2, 0.25) is 0 Å². The summed E-state index contributed by atoms with van der Waals surface area (Å²) in [5, 5.41) is 0. The highest BCUT2D eigenvalue weighted by Gasteiger charge is 2.30. The van der Waals surface area contributed by atoms with Gasteiger partial charge < -0.3 is 9.57 Å². The van der Waals surface area contributed by atoms with Crippen LogP contribution in [-0.4, -0.2) is 11.0 Å². The highest BCUT2D eigenvalue weighted by atomic mass is 19.4. The number of nitrogens with one attached hydrogen (secondary N) is 1. The van der Waals surface area contributed by atoms with Gasteiger partial charge in [0.05, 0.1) is 11.6 Å². The number of carbonyl (C=O) groups is 1. The number of pyridine rings is 1. The Kier molecular flexibility index (Phi) is 6.10. The molecule has 8 heteroatoms. The van der Waals surface area contributed by atoms with E-state index in [9.17, 15) is 18.0 Å². The lowest BCUT2D eigenvalue weighted by Gasteiger charge is -2.21. The van der Waals surface area contributed by atoms with Gasteiger partial charge >= 0.3 is 12.1 Å². The van der Waals surface area contributed by atoms with E-state index in [2.05, 4.69) is 10.5 Å². The number of hydroxylamine groups is 1. The van der Waals surface area contributed by atoms with E-state index in [1.165, 1.54) is 19.1 Å². The van der Waals surface area contributed by atoms with Crippen molar-refractivity contribution in [1.82, 2.24) is 10.5 Å². The first kappa shape index (κ1) is 20.7. The summed E-state index contributed by atoms with van der Waals surface area (Å²) in [4.78, 5) is 21.3. The number of benzene rings is 1. The summed E-state index contributed by atoms with van der Waals surface area (Å²) in [6.45, 7) is 8.48. The highest BCUT2D eigenvalue weighted by Crippen LogP contribution is 2.33. The van der Waals surface area contributed by atoms with Gasteiger partial charge in [0.25, 0.3) is 0 Å². The monoisotopic (exact) mass is 382 g/mol. The predicted octanol–water partition coefficient (Wildman–Crippen LogP) is 4.60. The Balaban J connectivity index is 2.22. The van der Waals surface area contributed by atoms with Gasteiger partial charge in [0.2, 0.25) is 0 Å². The first-order chi connectivity index (χ1) is 12.5. The van der Waals surface area contributed by atoms with E-state index in [4.69, 9.17) is 9.57 Å². The maximum Gasteiger partial charge on any atom is 0.416 e. The van der Waals surface area contributed by atoms with Crippen LogP contribution < -0.4 is 15.1 Å². The second kappa shape index (κ2) is 7.96. The van der Waals surface area contributed by atoms with Crippen molar-refractivity contribution in [2.24, 2.45) is 0 Å². The van der Waals surface area contributed by atoms with Crippen molar-refractivity contribution in [2.45, 2.75) is 46.8 Å². The van der Waals surface area contributed by atoms with E-state index >= 15 is 0 Å². The summed E-state index contributed by atoms with van der Waals surface area (Å²) >= 11 is 0. The number of hydrogen-bond acceptors (Lipinski definition) is 5. The molecule has 1 aromatic heterocycles. The van der Waals surface area contributed by atoms with E-state index in [-0.39, 0.29) is 5.75 Å². The van der Waals surface area contributed by atoms with Crippen LogP contribution >= 0.6 is 0 Å². The molecular weight excluding hydrogens is 361 g/mol. The van der Waals surface area contributed by atoms with Crippen molar-refractivity contribution in [3.05, 3.63) is 52.3 Å². The lowest BCUT2D eigenvalue weighted by molar-refractivity contribution is -0.137. The van der Waals surface area contributed by atoms with Gasteiger partial charge in [0, 0.05) is 29.4 Å². The molecule has 1 atom stereocenters. The van der Waals surface area contributed by atoms with Crippen LogP contribution in [-0.2, 0) is 11.0 Å². The number of aromatic nitrogens is 1. The Labute approximate surface area is 155 Å². The van der Waals surface area contributed by atoms with Crippen molar-refractivity contribution in [3.63, 3.8) is 0 Å². The average Bonchev–Trinajstić information content (AvgIpc) is 2.56. The molecule has 0 aliphatic carbocycles. The van der Waals surface area contributed by atoms with Gasteiger partial charge in [-0.15, -0.1) is 5.48 Å². The number of rotatable bonds is 5. The fourth-order valence-electron chi connectivity index (χ4n) is 2.64. The number of aryl methyl sites for hydroxylation is 2. The van der Waals surface area contributed by atoms with Crippen LogP contribution in [0.3, 0.4) is 0 Å². The summed E-state index contributed by atoms with van der Waals surface area (Å²) in [7, 11) is 0. The van der Waals surface area contributed by atoms with E-state index in [0.29, 0.717) is 17.0 Å². The van der Waals surface area contributed by atoms with Gasteiger partial charge in [0.1, 0.15) is 11.5 Å². The quantitative estimate of drug-likeness (QED) is 0.605. The molecule has 0 amide bonds. The largest absolute Gasteiger partial charge is 0.426 e. The minimum Gasteiger partial charge on any atom is -0.426 e. The molecule has 0 aliphatic rings. The van der Waals surface area contributed by atoms with Gasteiger partial charge in [0.15, 0.2) is 0 Å². The Morgan fingerprint density at radius 3 is 2.22 bits per heavy atom. The molecule has 2 aromatic rings. The van der Waals surface area contributed by atoms with Crippen molar-refractivity contribution in [3.8, 4) is 11.5 Å². The number of carbonyl (C=O) groups excluding carboxylic acids is 1. The number of ether oxygens (including phenoxy) is 1. The predicted molar refractivity (Wildman–Crippen MR) is 93.4 cm³/mol. The SMILES string of the molecule is CC(=O)Oc1c(C)c(C)nc(C)c1C(C)NOc1ccc(C(F)(F)F)cc1. The van der Waals surface area contributed by atoms with Gasteiger partial charge in [-0.1, -0.05) is 0 Å². The van der Waals surface area contributed by atoms with Crippen LogP contribution in [0.25, 0.3) is 0 Å². The fourth-order valence-corrected chi connectivity index (χ4v) is 2.64. The van der Waals surface area contributed by atoms with Crippen molar-refractivity contribution in [2.75, 3.05) is 0 Å². The lowest BCUT2D eigenvalue weighted by Crippen LogP contribution is -2.25. The van der Waals surface area contributed by atoms with Crippen LogP contribution in [0.5, 0.6) is 11.5 Å². The van der Waals surface area contributed by atoms with Gasteiger partial charge in [-0.3, -0.25) is 9.78 Å². The molecule has 0 radical (unpaired) electrons. The first-order valence-corrected chi connectivity index (χ1v) is 8.26. The zero-order valence-corrected chi connectivity index (χ0v) is 15.7. The number of hydrogen-bond donors (Lipinski definition) is 1. The number of esters is 1. The molecule has 1 aromatic carbocycles. The summed E-state index contributed by atoms with van der Waals surface area (Å²) in [5.41, 5.74) is 4.77. The number of halogens is 3. The maximum atomic E-state index is 12.6. The molecule has 2 rings (SSSR count). The molecule has 27 heavy (non-hydrogen) atoms. The minimum atomic E-state index is -4.40. The first-order valence-electron chi connectivity index (χ1n) is 8.26. The molecule has 1 heterocycles. The molecule has 0 saturated carbocycles. The van der Waals surface area contributed by atoms with Crippen molar-refractivity contribution < 1.29 is 27.5 Å². The standard InChI is InChI=1S/C19H21F3N2O3/c1-10-11(2)23-12(3)17(18(10)26-14(5)25)13(4)24-27-16-8-6-15(7-9-16)19(20,21)22/h6-9,13,24H,1-5H3. The third kappa shape index (κ3) is 4.97. The molecule has 0 spiro atoms. The van der Waals surface area contributed by atoms with Crippen LogP contribution in [0, 0.1) is 20.8 Å². The minimum absolute atomic E-state index is 0.221. The van der Waals surface area contributed by atoms with E-state index < -0.39 is 23.8 Å². The van der Waals surface area contributed by atoms with Gasteiger partial charge in [-0.25, -0.2) is 0 Å². The third-order valence-corrected chi connectivity index (χ3v) is 4.07. The summed E-state index contributed by atoms with van der Waals surface area (Å²) in [6.07, 6.45) is -4.40. The third-order valence-electron chi connectivity index (χ3n) is 4.07. The Morgan fingerprint density at radius 1 is 1.11 bits per heavy atom. The Morgan fingerprint density at radius 2 is 1.70 bits per heavy atom. The maximum absolute atomic E-state index is 12.6. The number of nitrogens with zero attached hydrogens (tertiary/aromatic N) is 1. The topological polar surface area (TPSA) is 60.5 Å². The Bertz CT molecular complexity index is 834. The van der Waals surface area contributed by atoms with Crippen LogP contribution in [0.15, 0.2) is 24.3 Å². The molecule has 0 aliphatic heterocycles. The van der Waals surface area contributed by atoms with Crippen LogP contribution in [0.1, 0.15) is 48.0 Å². The molecule has 1 N–H and O–H groups in total. The summed E-state index contributed by atoms with van der Waals surface area (Å²) in [5.74, 6) is 0.169. The molecule has 1 unspecified atom stereocenters. The second-order valence-electron chi connectivity index (χ2n) is 6.21. The van der Waals surface area contributed by atoms with Crippen LogP contribution in [0.4, 0.5) is 13.2 Å². The Hall–Kier alpha value is -2.61. The molecule has 0 saturated heterocycles. The highest BCUT2D eigenvalue weighted by molar-refractivity contribution is 5.71. The van der Waals surface area contributed by atoms with Gasteiger partial charge in [-0.05, 0) is 52.0 Å². The molecule has 5 nitrogen and oxygen atoms in total.